The maximum absolute atomic E-state index is 11.7. The van der Waals surface area contributed by atoms with Crippen LogP contribution >= 0.6 is 11.3 Å². The Hall–Kier alpha value is -2.60. The maximum Gasteiger partial charge on any atom is 0.354 e. The van der Waals surface area contributed by atoms with Crippen molar-refractivity contribution in [3.05, 3.63) is 53.6 Å². The van der Waals surface area contributed by atoms with Gasteiger partial charge in [0.05, 0.1) is 20.3 Å². The summed E-state index contributed by atoms with van der Waals surface area (Å²) in [6, 6.07) is 11.5. The highest BCUT2D eigenvalue weighted by molar-refractivity contribution is 7.13. The van der Waals surface area contributed by atoms with Crippen LogP contribution in [0.5, 0.6) is 0 Å². The molecule has 0 unspecified atom stereocenters. The summed E-state index contributed by atoms with van der Waals surface area (Å²) in [7, 11) is 2.48. The molecule has 0 aliphatic heterocycles. The third-order valence-corrected chi connectivity index (χ3v) is 3.76. The molecule has 1 aromatic carbocycles. The second kappa shape index (κ2) is 7.42. The van der Waals surface area contributed by atoms with Crippen LogP contribution in [0.3, 0.4) is 0 Å². The molecule has 0 saturated carbocycles. The number of methoxy groups -OCH3 is 2. The summed E-state index contributed by atoms with van der Waals surface area (Å²) >= 11 is 1.65. The molecule has 0 atom stereocenters. The van der Waals surface area contributed by atoms with Crippen LogP contribution in [0.2, 0.25) is 0 Å². The summed E-state index contributed by atoms with van der Waals surface area (Å²) in [6.45, 7) is 0. The number of carbonyl (C=O) groups excluding carboxylic acids is 2. The van der Waals surface area contributed by atoms with E-state index in [0.29, 0.717) is 5.69 Å². The predicted molar refractivity (Wildman–Crippen MR) is 85.5 cm³/mol. The van der Waals surface area contributed by atoms with E-state index in [1.165, 1.54) is 14.2 Å². The van der Waals surface area contributed by atoms with Gasteiger partial charge in [-0.25, -0.2) is 9.59 Å². The number of benzene rings is 1. The zero-order valence-corrected chi connectivity index (χ0v) is 13.0. The van der Waals surface area contributed by atoms with E-state index in [-0.39, 0.29) is 5.70 Å². The lowest BCUT2D eigenvalue weighted by atomic mass is 10.1. The predicted octanol–water partition coefficient (Wildman–Crippen LogP) is 3.06. The Morgan fingerprint density at radius 3 is 2.36 bits per heavy atom. The van der Waals surface area contributed by atoms with Gasteiger partial charge in [0.25, 0.3) is 0 Å². The van der Waals surface area contributed by atoms with Gasteiger partial charge in [0, 0.05) is 10.6 Å². The second-order valence-corrected chi connectivity index (χ2v) is 5.20. The van der Waals surface area contributed by atoms with E-state index in [0.717, 1.165) is 16.5 Å². The number of anilines is 1. The molecule has 1 heterocycles. The fourth-order valence-electron chi connectivity index (χ4n) is 1.75. The second-order valence-electron chi connectivity index (χ2n) is 4.25. The van der Waals surface area contributed by atoms with Crippen molar-refractivity contribution in [1.29, 1.82) is 0 Å². The van der Waals surface area contributed by atoms with Gasteiger partial charge in [-0.3, -0.25) is 0 Å². The van der Waals surface area contributed by atoms with Gasteiger partial charge < -0.3 is 14.8 Å². The zero-order valence-electron chi connectivity index (χ0n) is 12.2. The Bertz CT molecular complexity index is 675. The Morgan fingerprint density at radius 1 is 1.09 bits per heavy atom. The van der Waals surface area contributed by atoms with Gasteiger partial charge in [-0.2, -0.15) is 0 Å². The number of hydrogen-bond acceptors (Lipinski definition) is 6. The molecule has 0 bridgehead atoms. The Balaban J connectivity index is 2.18. The van der Waals surface area contributed by atoms with Gasteiger partial charge in [-0.05, 0) is 29.1 Å². The number of nitrogens with one attached hydrogen (secondary N) is 1. The van der Waals surface area contributed by atoms with Crippen molar-refractivity contribution in [2.45, 2.75) is 0 Å². The molecule has 114 valence electrons. The first-order valence-corrected chi connectivity index (χ1v) is 7.31. The molecule has 5 nitrogen and oxygen atoms in total. The SMILES string of the molecule is COC(=O)/C=C(/Nc1ccc(-c2cccs2)cc1)C(=O)OC. The normalized spacial score (nSPS) is 10.9. The first-order chi connectivity index (χ1) is 10.6. The van der Waals surface area contributed by atoms with Crippen molar-refractivity contribution in [3.8, 4) is 10.4 Å². The lowest BCUT2D eigenvalue weighted by molar-refractivity contribution is -0.138. The van der Waals surface area contributed by atoms with Crippen LogP contribution in [0.1, 0.15) is 0 Å². The monoisotopic (exact) mass is 317 g/mol. The summed E-state index contributed by atoms with van der Waals surface area (Å²) in [5.41, 5.74) is 1.76. The minimum atomic E-state index is -0.646. The summed E-state index contributed by atoms with van der Waals surface area (Å²) in [5, 5.41) is 4.87. The lowest BCUT2D eigenvalue weighted by Gasteiger charge is -2.09. The molecule has 0 aliphatic rings. The number of ether oxygens (including phenoxy) is 2. The quantitative estimate of drug-likeness (QED) is 0.678. The van der Waals surface area contributed by atoms with Crippen molar-refractivity contribution in [2.75, 3.05) is 19.5 Å². The van der Waals surface area contributed by atoms with Gasteiger partial charge in [0.15, 0.2) is 0 Å². The molecule has 0 radical (unpaired) electrons. The molecule has 0 spiro atoms. The fourth-order valence-corrected chi connectivity index (χ4v) is 2.48. The highest BCUT2D eigenvalue weighted by atomic mass is 32.1. The minimum absolute atomic E-state index is 0.0122. The van der Waals surface area contributed by atoms with Gasteiger partial charge >= 0.3 is 11.9 Å². The van der Waals surface area contributed by atoms with Crippen LogP contribution in [-0.4, -0.2) is 26.2 Å². The van der Waals surface area contributed by atoms with Gasteiger partial charge in [-0.15, -0.1) is 11.3 Å². The molecule has 0 saturated heterocycles. The molecule has 1 aromatic heterocycles. The first-order valence-electron chi connectivity index (χ1n) is 6.43. The molecule has 2 aromatic rings. The highest BCUT2D eigenvalue weighted by Crippen LogP contribution is 2.26. The van der Waals surface area contributed by atoms with Crippen molar-refractivity contribution in [1.82, 2.24) is 0 Å². The molecule has 1 N–H and O–H groups in total. The standard InChI is InChI=1S/C16H15NO4S/c1-20-15(18)10-13(16(19)21-2)17-12-7-5-11(6-8-12)14-4-3-9-22-14/h3-10,17H,1-2H3/b13-10+. The fraction of sp³-hybridized carbons (Fsp3) is 0.125. The van der Waals surface area contributed by atoms with Crippen LogP contribution in [-0.2, 0) is 19.1 Å². The van der Waals surface area contributed by atoms with Gasteiger partial charge in [0.1, 0.15) is 5.70 Å². The lowest BCUT2D eigenvalue weighted by Crippen LogP contribution is -2.15. The van der Waals surface area contributed by atoms with E-state index in [1.54, 1.807) is 11.3 Å². The third-order valence-electron chi connectivity index (χ3n) is 2.84. The van der Waals surface area contributed by atoms with Crippen LogP contribution in [0.4, 0.5) is 5.69 Å². The molecular formula is C16H15NO4S. The molecule has 0 fully saturated rings. The van der Waals surface area contributed by atoms with Gasteiger partial charge in [-0.1, -0.05) is 18.2 Å². The van der Waals surface area contributed by atoms with E-state index in [1.807, 2.05) is 41.8 Å². The van der Waals surface area contributed by atoms with Crippen LogP contribution in [0.15, 0.2) is 53.6 Å². The molecule has 22 heavy (non-hydrogen) atoms. The van der Waals surface area contributed by atoms with Crippen molar-refractivity contribution in [3.63, 3.8) is 0 Å². The van der Waals surface area contributed by atoms with E-state index in [9.17, 15) is 9.59 Å². The molecule has 6 heteroatoms. The number of hydrogen-bond donors (Lipinski definition) is 1. The number of thiophene rings is 1. The average molecular weight is 317 g/mol. The van der Waals surface area contributed by atoms with E-state index in [4.69, 9.17) is 0 Å². The van der Waals surface area contributed by atoms with Crippen LogP contribution in [0, 0.1) is 0 Å². The maximum atomic E-state index is 11.7. The summed E-state index contributed by atoms with van der Waals surface area (Å²) < 4.78 is 9.16. The van der Waals surface area contributed by atoms with Crippen molar-refractivity contribution in [2.24, 2.45) is 0 Å². The minimum Gasteiger partial charge on any atom is -0.466 e. The molecule has 0 amide bonds. The average Bonchev–Trinajstić information content (AvgIpc) is 3.08. The summed E-state index contributed by atoms with van der Waals surface area (Å²) in [6.07, 6.45) is 1.05. The van der Waals surface area contributed by atoms with E-state index >= 15 is 0 Å². The van der Waals surface area contributed by atoms with E-state index in [2.05, 4.69) is 14.8 Å². The van der Waals surface area contributed by atoms with Gasteiger partial charge in [0.2, 0.25) is 0 Å². The Morgan fingerprint density at radius 2 is 1.82 bits per heavy atom. The summed E-state index contributed by atoms with van der Waals surface area (Å²) in [4.78, 5) is 24.1. The van der Waals surface area contributed by atoms with E-state index < -0.39 is 11.9 Å². The molecular weight excluding hydrogens is 302 g/mol. The number of esters is 2. The Kier molecular flexibility index (Phi) is 5.32. The zero-order chi connectivity index (χ0) is 15.9. The highest BCUT2D eigenvalue weighted by Gasteiger charge is 2.12. The van der Waals surface area contributed by atoms with Crippen molar-refractivity contribution < 1.29 is 19.1 Å². The number of carbonyl (C=O) groups is 2. The molecule has 0 aliphatic carbocycles. The topological polar surface area (TPSA) is 64.6 Å². The van der Waals surface area contributed by atoms with Crippen molar-refractivity contribution >= 4 is 29.0 Å². The summed E-state index contributed by atoms with van der Waals surface area (Å²) in [5.74, 6) is -1.28. The largest absolute Gasteiger partial charge is 0.466 e. The Labute approximate surface area is 132 Å². The smallest absolute Gasteiger partial charge is 0.354 e. The van der Waals surface area contributed by atoms with Crippen LogP contribution in [0.25, 0.3) is 10.4 Å². The molecule has 2 rings (SSSR count). The third kappa shape index (κ3) is 3.95. The first kappa shape index (κ1) is 15.8. The van der Waals surface area contributed by atoms with Crippen LogP contribution < -0.4 is 5.32 Å². The number of rotatable bonds is 5.